The van der Waals surface area contributed by atoms with Crippen molar-refractivity contribution in [1.29, 1.82) is 0 Å². The van der Waals surface area contributed by atoms with Crippen LogP contribution in [0.1, 0.15) is 66.2 Å². The van der Waals surface area contributed by atoms with Crippen LogP contribution >= 0.6 is 0 Å². The van der Waals surface area contributed by atoms with Crippen molar-refractivity contribution in [3.63, 3.8) is 0 Å². The second-order valence-corrected chi connectivity index (χ2v) is 11.7. The first kappa shape index (κ1) is 29.2. The van der Waals surface area contributed by atoms with Gasteiger partial charge in [0.1, 0.15) is 6.17 Å². The molecule has 0 aliphatic heterocycles. The zero-order valence-corrected chi connectivity index (χ0v) is 23.1. The zero-order chi connectivity index (χ0) is 28.6. The van der Waals surface area contributed by atoms with Crippen molar-refractivity contribution in [3.05, 3.63) is 23.8 Å². The number of rotatable bonds is 8. The topological polar surface area (TPSA) is 125 Å². The number of carbonyl (C=O) groups excluding carboxylic acids is 4. The van der Waals surface area contributed by atoms with Gasteiger partial charge in [0.15, 0.2) is 18.0 Å². The predicted molar refractivity (Wildman–Crippen MR) is 136 cm³/mol. The first-order chi connectivity index (χ1) is 18.4. The molecular weight excluding hydrogens is 511 g/mol. The van der Waals surface area contributed by atoms with Gasteiger partial charge in [0.2, 0.25) is 5.78 Å². The fraction of sp³-hybridized carbons (Fsp3) is 0.724. The molecule has 1 N–H and O–H groups in total. The van der Waals surface area contributed by atoms with E-state index in [0.717, 1.165) is 0 Å². The highest BCUT2D eigenvalue weighted by molar-refractivity contribution is 6.01. The number of aliphatic hydroxyl groups excluding tert-OH is 1. The van der Waals surface area contributed by atoms with E-state index in [1.165, 1.54) is 12.2 Å². The average molecular weight is 551 g/mol. The van der Waals surface area contributed by atoms with Crippen LogP contribution in [0.5, 0.6) is 0 Å². The second-order valence-electron chi connectivity index (χ2n) is 11.7. The summed E-state index contributed by atoms with van der Waals surface area (Å²) in [6.07, 6.45) is 1.90. The number of halogens is 1. The van der Waals surface area contributed by atoms with Crippen LogP contribution in [-0.2, 0) is 28.5 Å². The summed E-state index contributed by atoms with van der Waals surface area (Å²) in [5, 5.41) is 11.6. The molecule has 9 nitrogen and oxygen atoms in total. The van der Waals surface area contributed by atoms with E-state index in [1.54, 1.807) is 13.0 Å². The molecule has 3 saturated carbocycles. The predicted octanol–water partition coefficient (Wildman–Crippen LogP) is 4.65. The summed E-state index contributed by atoms with van der Waals surface area (Å²) in [5.41, 5.74) is -3.32. The Balaban J connectivity index is 1.68. The Bertz CT molecular complexity index is 1070. The van der Waals surface area contributed by atoms with Gasteiger partial charge in [-0.15, -0.1) is 0 Å². The molecule has 8 atom stereocenters. The molecule has 4 aliphatic rings. The molecule has 0 bridgehead atoms. The standard InChI is InChI=1S/C29H39FO9/c1-5-11-36-25(34)38-16-23(33)29(39-26(35)37-12-6-2)10-8-19-18-14-21(30)20-13-17(31)7-9-27(20,3)24(18)22(32)15-28(19,29)4/h7,9,13,18-19,21-22,24,32H,5-6,8,10-12,14-16H2,1-4H3/t18-,19-,21-,22?,24+,27-,28-,29-/m0/s1. The van der Waals surface area contributed by atoms with E-state index in [1.807, 2.05) is 20.8 Å². The number of carbonyl (C=O) groups is 4. The number of ether oxygens (including phenoxy) is 4. The monoisotopic (exact) mass is 550 g/mol. The van der Waals surface area contributed by atoms with E-state index >= 15 is 4.39 Å². The fourth-order valence-corrected chi connectivity index (χ4v) is 7.83. The van der Waals surface area contributed by atoms with Gasteiger partial charge in [-0.1, -0.05) is 33.8 Å². The normalized spacial score (nSPS) is 38.6. The quantitative estimate of drug-likeness (QED) is 0.430. The highest BCUT2D eigenvalue weighted by Gasteiger charge is 2.71. The third-order valence-corrected chi connectivity index (χ3v) is 9.47. The summed E-state index contributed by atoms with van der Waals surface area (Å²) in [6, 6.07) is 0. The molecular formula is C29H39FO9. The van der Waals surface area contributed by atoms with E-state index in [0.29, 0.717) is 24.8 Å². The number of aliphatic hydroxyl groups is 1. The summed E-state index contributed by atoms with van der Waals surface area (Å²) in [6.45, 7) is 6.81. The molecule has 0 heterocycles. The smallest absolute Gasteiger partial charge is 0.434 e. The SMILES string of the molecule is CCCOC(=O)OCC(=O)[C@@]1(OC(=O)OCCC)CC[C@H]2[C@@H]3C[C@H](F)C4=CC(=O)C=C[C@]4(C)[C@H]3C(O)C[C@@]21C. The maximum Gasteiger partial charge on any atom is 0.509 e. The van der Waals surface area contributed by atoms with Gasteiger partial charge in [0.25, 0.3) is 0 Å². The Labute approximate surface area is 228 Å². The molecule has 0 aromatic carbocycles. The number of Topliss-reactive ketones (excluding diaryl/α,β-unsaturated/α-hetero) is 1. The van der Waals surface area contributed by atoms with Crippen molar-refractivity contribution in [1.82, 2.24) is 0 Å². The second kappa shape index (κ2) is 11.0. The summed E-state index contributed by atoms with van der Waals surface area (Å²) < 4.78 is 36.6. The lowest BCUT2D eigenvalue weighted by Gasteiger charge is -2.60. The third kappa shape index (κ3) is 4.89. The van der Waals surface area contributed by atoms with Gasteiger partial charge in [0.05, 0.1) is 19.3 Å². The minimum atomic E-state index is -1.75. The first-order valence-electron chi connectivity index (χ1n) is 13.9. The van der Waals surface area contributed by atoms with Crippen molar-refractivity contribution in [2.24, 2.45) is 28.6 Å². The number of hydrogen-bond acceptors (Lipinski definition) is 9. The Hall–Kier alpha value is -2.75. The van der Waals surface area contributed by atoms with Gasteiger partial charge in [-0.2, -0.15) is 0 Å². The van der Waals surface area contributed by atoms with Crippen LogP contribution in [-0.4, -0.2) is 66.7 Å². The van der Waals surface area contributed by atoms with Crippen LogP contribution in [0.25, 0.3) is 0 Å². The van der Waals surface area contributed by atoms with E-state index in [2.05, 4.69) is 0 Å². The molecule has 4 rings (SSSR count). The lowest BCUT2D eigenvalue weighted by atomic mass is 9.46. The van der Waals surface area contributed by atoms with E-state index in [-0.39, 0.29) is 50.1 Å². The number of allylic oxidation sites excluding steroid dienone is 4. The molecule has 1 unspecified atom stereocenters. The fourth-order valence-electron chi connectivity index (χ4n) is 7.83. The summed E-state index contributed by atoms with van der Waals surface area (Å²) in [5.74, 6) is -1.95. The molecule has 3 fully saturated rings. The lowest BCUT2D eigenvalue weighted by Crippen LogP contribution is -2.64. The van der Waals surface area contributed by atoms with Crippen molar-refractivity contribution >= 4 is 23.9 Å². The molecule has 4 aliphatic carbocycles. The molecule has 39 heavy (non-hydrogen) atoms. The van der Waals surface area contributed by atoms with Gasteiger partial charge in [0, 0.05) is 16.7 Å². The molecule has 0 saturated heterocycles. The Kier molecular flexibility index (Phi) is 8.26. The molecule has 0 amide bonds. The van der Waals surface area contributed by atoms with Crippen LogP contribution in [0.3, 0.4) is 0 Å². The largest absolute Gasteiger partial charge is 0.509 e. The van der Waals surface area contributed by atoms with E-state index in [4.69, 9.17) is 18.9 Å². The number of hydrogen-bond donors (Lipinski definition) is 1. The van der Waals surface area contributed by atoms with E-state index < -0.39 is 59.3 Å². The Morgan fingerprint density at radius 1 is 1.08 bits per heavy atom. The molecule has 216 valence electrons. The van der Waals surface area contributed by atoms with E-state index in [9.17, 15) is 24.3 Å². The van der Waals surface area contributed by atoms with Crippen LogP contribution in [0.15, 0.2) is 23.8 Å². The molecule has 10 heteroatoms. The van der Waals surface area contributed by atoms with Crippen molar-refractivity contribution in [2.75, 3.05) is 19.8 Å². The summed E-state index contributed by atoms with van der Waals surface area (Å²) in [4.78, 5) is 50.6. The molecule has 0 radical (unpaired) electrons. The van der Waals surface area contributed by atoms with Gasteiger partial charge in [-0.25, -0.2) is 14.0 Å². The molecule has 0 spiro atoms. The third-order valence-electron chi connectivity index (χ3n) is 9.47. The van der Waals surface area contributed by atoms with Crippen molar-refractivity contribution < 1.29 is 47.6 Å². The maximum atomic E-state index is 15.7. The van der Waals surface area contributed by atoms with Crippen LogP contribution < -0.4 is 0 Å². The highest BCUT2D eigenvalue weighted by atomic mass is 19.1. The maximum absolute atomic E-state index is 15.7. The van der Waals surface area contributed by atoms with Gasteiger partial charge in [-0.3, -0.25) is 9.59 Å². The van der Waals surface area contributed by atoms with Crippen LogP contribution in [0.4, 0.5) is 14.0 Å². The Morgan fingerprint density at radius 2 is 1.74 bits per heavy atom. The van der Waals surface area contributed by atoms with Gasteiger partial charge < -0.3 is 24.1 Å². The molecule has 0 aromatic rings. The minimum absolute atomic E-state index is 0.0783. The van der Waals surface area contributed by atoms with Crippen molar-refractivity contribution in [3.8, 4) is 0 Å². The zero-order valence-electron chi connectivity index (χ0n) is 23.1. The molecule has 0 aromatic heterocycles. The number of alkyl halides is 1. The number of fused-ring (bicyclic) bond motifs is 5. The van der Waals surface area contributed by atoms with Gasteiger partial charge >= 0.3 is 12.3 Å². The first-order valence-corrected chi connectivity index (χ1v) is 13.9. The lowest BCUT2D eigenvalue weighted by molar-refractivity contribution is -0.186. The Morgan fingerprint density at radius 3 is 2.41 bits per heavy atom. The summed E-state index contributed by atoms with van der Waals surface area (Å²) in [7, 11) is 0. The average Bonchev–Trinajstić information content (AvgIpc) is 3.17. The highest BCUT2D eigenvalue weighted by Crippen LogP contribution is 2.68. The van der Waals surface area contributed by atoms with Crippen LogP contribution in [0, 0.1) is 28.6 Å². The van der Waals surface area contributed by atoms with Crippen LogP contribution in [0.2, 0.25) is 0 Å². The minimum Gasteiger partial charge on any atom is -0.434 e. The number of ketones is 2. The van der Waals surface area contributed by atoms with Crippen molar-refractivity contribution in [2.45, 2.75) is 84.1 Å². The van der Waals surface area contributed by atoms with Gasteiger partial charge in [-0.05, 0) is 68.1 Å². The summed E-state index contributed by atoms with van der Waals surface area (Å²) >= 11 is 0.